The number of rotatable bonds is 3. The highest BCUT2D eigenvalue weighted by Gasteiger charge is 2.43. The van der Waals surface area contributed by atoms with Gasteiger partial charge in [-0.15, -0.1) is 0 Å². The van der Waals surface area contributed by atoms with Crippen molar-refractivity contribution < 1.29 is 9.90 Å². The first kappa shape index (κ1) is 19.4. The topological polar surface area (TPSA) is 92.3 Å². The molecule has 1 aliphatic heterocycles. The summed E-state index contributed by atoms with van der Waals surface area (Å²) in [6.07, 6.45) is 7.09. The van der Waals surface area contributed by atoms with Gasteiger partial charge in [0.05, 0.1) is 16.2 Å². The Morgan fingerprint density at radius 1 is 1.25 bits per heavy atom. The van der Waals surface area contributed by atoms with E-state index in [0.29, 0.717) is 16.4 Å². The van der Waals surface area contributed by atoms with Gasteiger partial charge in [-0.2, -0.15) is 0 Å². The Labute approximate surface area is 173 Å². The number of carboxylic acids is 1. The van der Waals surface area contributed by atoms with E-state index >= 15 is 0 Å². The number of piperidine rings is 1. The fraction of sp³-hybridized carbons (Fsp3) is 0.450. The van der Waals surface area contributed by atoms with Gasteiger partial charge in [-0.25, -0.2) is 14.8 Å². The van der Waals surface area contributed by atoms with Crippen molar-refractivity contribution in [3.63, 3.8) is 0 Å². The zero-order valence-electron chi connectivity index (χ0n) is 15.4. The maximum Gasteiger partial charge on any atom is 0.356 e. The van der Waals surface area contributed by atoms with Gasteiger partial charge in [0.2, 0.25) is 0 Å². The van der Waals surface area contributed by atoms with Crippen LogP contribution in [-0.2, 0) is 0 Å². The number of aromatic nitrogens is 2. The van der Waals surface area contributed by atoms with Crippen LogP contribution in [0.3, 0.4) is 0 Å². The molecule has 2 aromatic rings. The number of nitrogens with zero attached hydrogens (tertiary/aromatic N) is 3. The van der Waals surface area contributed by atoms with Crippen LogP contribution in [0.5, 0.6) is 0 Å². The van der Waals surface area contributed by atoms with Gasteiger partial charge in [0.1, 0.15) is 11.5 Å². The molecule has 8 heteroatoms. The standard InChI is InChI=1S/C20H22Cl2N4O2/c21-13-4-1-3-12(16(13)22)17-18(19(27)28)25-15(11-24-17)26-9-7-20(8-10-26)6-2-5-14(20)23/h1,3-4,11,14H,2,5-10,23H2,(H,27,28)/t14-/m1/s1. The van der Waals surface area contributed by atoms with E-state index in [-0.39, 0.29) is 27.9 Å². The third-order valence-electron chi connectivity index (χ3n) is 6.23. The van der Waals surface area contributed by atoms with Crippen molar-refractivity contribution in [2.24, 2.45) is 11.1 Å². The maximum absolute atomic E-state index is 11.9. The lowest BCUT2D eigenvalue weighted by atomic mass is 9.74. The number of halogens is 2. The molecule has 148 valence electrons. The van der Waals surface area contributed by atoms with Gasteiger partial charge in [0.25, 0.3) is 0 Å². The highest BCUT2D eigenvalue weighted by molar-refractivity contribution is 6.43. The van der Waals surface area contributed by atoms with Crippen LogP contribution in [0.2, 0.25) is 10.0 Å². The van der Waals surface area contributed by atoms with Crippen LogP contribution in [0.1, 0.15) is 42.6 Å². The van der Waals surface area contributed by atoms with Crippen LogP contribution in [0, 0.1) is 5.41 Å². The van der Waals surface area contributed by atoms with E-state index in [9.17, 15) is 9.90 Å². The first-order chi connectivity index (χ1) is 13.4. The zero-order chi connectivity index (χ0) is 19.9. The van der Waals surface area contributed by atoms with Crippen LogP contribution in [-0.4, -0.2) is 40.2 Å². The molecule has 1 saturated carbocycles. The van der Waals surface area contributed by atoms with E-state index in [1.54, 1.807) is 24.4 Å². The Morgan fingerprint density at radius 2 is 2.00 bits per heavy atom. The predicted molar refractivity (Wildman–Crippen MR) is 110 cm³/mol. The summed E-state index contributed by atoms with van der Waals surface area (Å²) in [5.41, 5.74) is 7.14. The summed E-state index contributed by atoms with van der Waals surface area (Å²) >= 11 is 12.3. The third-order valence-corrected chi connectivity index (χ3v) is 7.05. The predicted octanol–water partition coefficient (Wildman–Crippen LogP) is 4.25. The van der Waals surface area contributed by atoms with Gasteiger partial charge < -0.3 is 15.7 Å². The molecule has 3 N–H and O–H groups in total. The molecule has 0 radical (unpaired) electrons. The van der Waals surface area contributed by atoms with Gasteiger partial charge in [-0.3, -0.25) is 0 Å². The normalized spacial score (nSPS) is 21.2. The third kappa shape index (κ3) is 3.34. The molecular formula is C20H22Cl2N4O2. The minimum absolute atomic E-state index is 0.125. The smallest absolute Gasteiger partial charge is 0.356 e. The molecule has 6 nitrogen and oxygen atoms in total. The van der Waals surface area contributed by atoms with Crippen molar-refractivity contribution in [1.82, 2.24) is 9.97 Å². The molecule has 1 aliphatic carbocycles. The first-order valence-electron chi connectivity index (χ1n) is 9.46. The monoisotopic (exact) mass is 420 g/mol. The number of hydrogen-bond donors (Lipinski definition) is 2. The highest BCUT2D eigenvalue weighted by Crippen LogP contribution is 2.46. The summed E-state index contributed by atoms with van der Waals surface area (Å²) in [5.74, 6) is -0.576. The van der Waals surface area contributed by atoms with Crippen molar-refractivity contribution in [3.8, 4) is 11.3 Å². The fourth-order valence-corrected chi connectivity index (χ4v) is 4.92. The molecule has 1 aromatic carbocycles. The van der Waals surface area contributed by atoms with E-state index in [1.165, 1.54) is 12.8 Å². The molecule has 2 heterocycles. The second-order valence-corrected chi connectivity index (χ2v) is 8.47. The molecule has 1 spiro atoms. The number of anilines is 1. The number of aromatic carboxylic acids is 1. The van der Waals surface area contributed by atoms with E-state index in [1.807, 2.05) is 0 Å². The Morgan fingerprint density at radius 3 is 2.64 bits per heavy atom. The second kappa shape index (κ2) is 7.50. The zero-order valence-corrected chi connectivity index (χ0v) is 16.9. The molecule has 1 aromatic heterocycles. The van der Waals surface area contributed by atoms with Gasteiger partial charge in [-0.05, 0) is 37.2 Å². The summed E-state index contributed by atoms with van der Waals surface area (Å²) in [6, 6.07) is 5.31. The molecular weight excluding hydrogens is 399 g/mol. The molecule has 28 heavy (non-hydrogen) atoms. The van der Waals surface area contributed by atoms with Crippen LogP contribution in [0.25, 0.3) is 11.3 Å². The lowest BCUT2D eigenvalue weighted by Crippen LogP contribution is -2.47. The average molecular weight is 421 g/mol. The molecule has 4 rings (SSSR count). The SMILES string of the molecule is N[C@@H]1CCCC12CCN(c1cnc(-c3cccc(Cl)c3Cl)c(C(=O)O)n1)CC2. The average Bonchev–Trinajstić information content (AvgIpc) is 3.04. The van der Waals surface area contributed by atoms with Crippen LogP contribution in [0.4, 0.5) is 5.82 Å². The highest BCUT2D eigenvalue weighted by atomic mass is 35.5. The Bertz CT molecular complexity index is 913. The molecule has 0 bridgehead atoms. The summed E-state index contributed by atoms with van der Waals surface area (Å²) < 4.78 is 0. The summed E-state index contributed by atoms with van der Waals surface area (Å²) in [4.78, 5) is 22.8. The first-order valence-corrected chi connectivity index (χ1v) is 10.2. The minimum Gasteiger partial charge on any atom is -0.476 e. The van der Waals surface area contributed by atoms with Gasteiger partial charge in [-0.1, -0.05) is 41.8 Å². The van der Waals surface area contributed by atoms with Gasteiger partial charge in [0.15, 0.2) is 5.69 Å². The number of benzene rings is 1. The Hall–Kier alpha value is -1.89. The quantitative estimate of drug-likeness (QED) is 0.770. The number of carbonyl (C=O) groups is 1. The number of carboxylic acid groups (broad SMARTS) is 1. The second-order valence-electron chi connectivity index (χ2n) is 7.68. The molecule has 2 fully saturated rings. The molecule has 0 amide bonds. The van der Waals surface area contributed by atoms with Crippen molar-refractivity contribution in [2.75, 3.05) is 18.0 Å². The van der Waals surface area contributed by atoms with Crippen molar-refractivity contribution >= 4 is 35.0 Å². The van der Waals surface area contributed by atoms with Gasteiger partial charge in [0, 0.05) is 24.7 Å². The van der Waals surface area contributed by atoms with Crippen LogP contribution in [0.15, 0.2) is 24.4 Å². The number of hydrogen-bond acceptors (Lipinski definition) is 5. The molecule has 1 atom stereocenters. The largest absolute Gasteiger partial charge is 0.476 e. The van der Waals surface area contributed by atoms with Crippen molar-refractivity contribution in [3.05, 3.63) is 40.1 Å². The van der Waals surface area contributed by atoms with E-state index in [2.05, 4.69) is 14.9 Å². The lowest BCUT2D eigenvalue weighted by molar-refractivity contribution is 0.0691. The molecule has 0 unspecified atom stereocenters. The van der Waals surface area contributed by atoms with Crippen molar-refractivity contribution in [1.29, 1.82) is 0 Å². The van der Waals surface area contributed by atoms with Crippen LogP contribution < -0.4 is 10.6 Å². The van der Waals surface area contributed by atoms with Crippen LogP contribution >= 0.6 is 23.2 Å². The minimum atomic E-state index is -1.15. The van der Waals surface area contributed by atoms with E-state index in [0.717, 1.165) is 32.4 Å². The van der Waals surface area contributed by atoms with E-state index in [4.69, 9.17) is 28.9 Å². The summed E-state index contributed by atoms with van der Waals surface area (Å²) in [5, 5.41) is 10.3. The molecule has 2 aliphatic rings. The van der Waals surface area contributed by atoms with Gasteiger partial charge >= 0.3 is 5.97 Å². The fourth-order valence-electron chi connectivity index (χ4n) is 4.53. The molecule has 1 saturated heterocycles. The maximum atomic E-state index is 11.9. The Kier molecular flexibility index (Phi) is 5.21. The number of nitrogens with two attached hydrogens (primary N) is 1. The summed E-state index contributed by atoms with van der Waals surface area (Å²) in [6.45, 7) is 1.61. The Balaban J connectivity index is 1.63. The lowest BCUT2D eigenvalue weighted by Gasteiger charge is -2.42. The van der Waals surface area contributed by atoms with E-state index < -0.39 is 5.97 Å². The van der Waals surface area contributed by atoms with Crippen molar-refractivity contribution in [2.45, 2.75) is 38.1 Å². The summed E-state index contributed by atoms with van der Waals surface area (Å²) in [7, 11) is 0.